The maximum absolute atomic E-state index is 12.5. The Bertz CT molecular complexity index is 726. The van der Waals surface area contributed by atoms with Gasteiger partial charge in [-0.25, -0.2) is 4.98 Å². The first kappa shape index (κ1) is 16.4. The van der Waals surface area contributed by atoms with E-state index in [-0.39, 0.29) is 5.91 Å². The highest BCUT2D eigenvalue weighted by Crippen LogP contribution is 2.34. The Kier molecular flexibility index (Phi) is 4.81. The highest BCUT2D eigenvalue weighted by Gasteiger charge is 2.35. The van der Waals surface area contributed by atoms with Gasteiger partial charge in [-0.15, -0.1) is 11.3 Å². The molecule has 1 atom stereocenters. The molecule has 1 amide bonds. The normalized spacial score (nSPS) is 25.6. The lowest BCUT2D eigenvalue weighted by atomic mass is 9.84. The number of piperidine rings is 3. The number of hydrogen-bond acceptors (Lipinski definition) is 5. The molecular weight excluding hydrogens is 362 g/mol. The molecule has 3 fully saturated rings. The zero-order valence-corrected chi connectivity index (χ0v) is 15.5. The van der Waals surface area contributed by atoms with Gasteiger partial charge in [-0.3, -0.25) is 4.79 Å². The van der Waals surface area contributed by atoms with Gasteiger partial charge in [0.2, 0.25) is 0 Å². The van der Waals surface area contributed by atoms with Crippen molar-refractivity contribution in [3.63, 3.8) is 0 Å². The molecule has 0 radical (unpaired) electrons. The number of fused-ring (bicyclic) bond motifs is 3. The molecule has 2 bridgehead atoms. The van der Waals surface area contributed by atoms with Gasteiger partial charge >= 0.3 is 0 Å². The SMILES string of the molecule is O=C(NC1CN2CCC1CC2)c1ccc(Sc2ccc(Cl)nc2)s1. The van der Waals surface area contributed by atoms with Gasteiger partial charge in [0, 0.05) is 23.7 Å². The third kappa shape index (κ3) is 3.61. The number of aromatic nitrogens is 1. The van der Waals surface area contributed by atoms with E-state index >= 15 is 0 Å². The van der Waals surface area contributed by atoms with E-state index in [4.69, 9.17) is 11.6 Å². The van der Waals surface area contributed by atoms with Gasteiger partial charge < -0.3 is 10.2 Å². The Labute approximate surface area is 154 Å². The van der Waals surface area contributed by atoms with Crippen molar-refractivity contribution < 1.29 is 4.79 Å². The minimum atomic E-state index is 0.0554. The fourth-order valence-electron chi connectivity index (χ4n) is 3.40. The first-order chi connectivity index (χ1) is 11.7. The third-order valence-electron chi connectivity index (χ3n) is 4.70. The minimum absolute atomic E-state index is 0.0554. The van der Waals surface area contributed by atoms with Crippen LogP contribution in [-0.2, 0) is 0 Å². The van der Waals surface area contributed by atoms with E-state index in [0.29, 0.717) is 17.1 Å². The summed E-state index contributed by atoms with van der Waals surface area (Å²) in [5, 5.41) is 3.73. The molecule has 0 spiro atoms. The zero-order chi connectivity index (χ0) is 16.5. The summed E-state index contributed by atoms with van der Waals surface area (Å²) < 4.78 is 1.08. The number of rotatable bonds is 4. The van der Waals surface area contributed by atoms with E-state index in [1.54, 1.807) is 24.0 Å². The van der Waals surface area contributed by atoms with Crippen LogP contribution >= 0.6 is 34.7 Å². The molecule has 0 aromatic carbocycles. The van der Waals surface area contributed by atoms with Crippen LogP contribution in [0.3, 0.4) is 0 Å². The second-order valence-corrected chi connectivity index (χ2v) is 9.10. The molecule has 2 aromatic rings. The lowest BCUT2D eigenvalue weighted by molar-refractivity contribution is 0.0622. The molecule has 5 rings (SSSR count). The fraction of sp³-hybridized carbons (Fsp3) is 0.412. The number of pyridine rings is 1. The molecular formula is C17H18ClN3OS2. The quantitative estimate of drug-likeness (QED) is 0.821. The smallest absolute Gasteiger partial charge is 0.261 e. The molecule has 3 aliphatic rings. The molecule has 4 nitrogen and oxygen atoms in total. The van der Waals surface area contributed by atoms with Crippen molar-refractivity contribution in [2.24, 2.45) is 5.92 Å². The summed E-state index contributed by atoms with van der Waals surface area (Å²) in [4.78, 5) is 20.9. The highest BCUT2D eigenvalue weighted by molar-refractivity contribution is 8.01. The Morgan fingerprint density at radius 2 is 2.12 bits per heavy atom. The topological polar surface area (TPSA) is 45.2 Å². The van der Waals surface area contributed by atoms with E-state index in [1.807, 2.05) is 18.2 Å². The average Bonchev–Trinajstić information content (AvgIpc) is 3.07. The summed E-state index contributed by atoms with van der Waals surface area (Å²) in [5.41, 5.74) is 0. The van der Waals surface area contributed by atoms with Gasteiger partial charge in [0.15, 0.2) is 0 Å². The molecule has 0 saturated carbocycles. The van der Waals surface area contributed by atoms with Gasteiger partial charge in [-0.1, -0.05) is 23.4 Å². The monoisotopic (exact) mass is 379 g/mol. The number of nitrogens with zero attached hydrogens (tertiary/aromatic N) is 2. The second-order valence-electron chi connectivity index (χ2n) is 6.26. The van der Waals surface area contributed by atoms with Crippen LogP contribution in [0.15, 0.2) is 39.6 Å². The van der Waals surface area contributed by atoms with E-state index in [0.717, 1.165) is 20.5 Å². The van der Waals surface area contributed by atoms with Crippen molar-refractivity contribution in [1.82, 2.24) is 15.2 Å². The molecule has 0 aliphatic carbocycles. The van der Waals surface area contributed by atoms with Gasteiger partial charge in [0.1, 0.15) is 5.15 Å². The fourth-order valence-corrected chi connectivity index (χ4v) is 5.49. The van der Waals surface area contributed by atoms with Crippen molar-refractivity contribution in [1.29, 1.82) is 0 Å². The molecule has 3 aliphatic heterocycles. The van der Waals surface area contributed by atoms with E-state index in [2.05, 4.69) is 15.2 Å². The summed E-state index contributed by atoms with van der Waals surface area (Å²) in [6.07, 6.45) is 4.17. The maximum Gasteiger partial charge on any atom is 0.261 e. The summed E-state index contributed by atoms with van der Waals surface area (Å²) in [7, 11) is 0. The number of carbonyl (C=O) groups is 1. The molecule has 126 valence electrons. The van der Waals surface area contributed by atoms with Gasteiger partial charge in [0.05, 0.1) is 9.09 Å². The van der Waals surface area contributed by atoms with Crippen molar-refractivity contribution in [3.8, 4) is 0 Å². The van der Waals surface area contributed by atoms with Crippen LogP contribution in [0.25, 0.3) is 0 Å². The van der Waals surface area contributed by atoms with Crippen LogP contribution in [0.5, 0.6) is 0 Å². The number of amides is 1. The van der Waals surface area contributed by atoms with Crippen molar-refractivity contribution >= 4 is 40.6 Å². The lowest BCUT2D eigenvalue weighted by Crippen LogP contribution is -2.57. The van der Waals surface area contributed by atoms with Gasteiger partial charge in [-0.05, 0) is 56.1 Å². The summed E-state index contributed by atoms with van der Waals surface area (Å²) in [6, 6.07) is 7.92. The number of thiophene rings is 1. The standard InChI is InChI=1S/C17H18ClN3OS2/c18-15-3-1-12(9-19-15)23-16-4-2-14(24-16)17(22)20-13-10-21-7-5-11(13)6-8-21/h1-4,9,11,13H,5-8,10H2,(H,20,22). The van der Waals surface area contributed by atoms with E-state index in [9.17, 15) is 4.79 Å². The second kappa shape index (κ2) is 7.04. The predicted molar refractivity (Wildman–Crippen MR) is 98.1 cm³/mol. The van der Waals surface area contributed by atoms with Crippen molar-refractivity contribution in [3.05, 3.63) is 40.5 Å². The Balaban J connectivity index is 1.39. The zero-order valence-electron chi connectivity index (χ0n) is 13.1. The predicted octanol–water partition coefficient (Wildman–Crippen LogP) is 3.77. The number of nitrogens with one attached hydrogen (secondary N) is 1. The van der Waals surface area contributed by atoms with Crippen LogP contribution < -0.4 is 5.32 Å². The summed E-state index contributed by atoms with van der Waals surface area (Å²) in [5.74, 6) is 0.702. The van der Waals surface area contributed by atoms with Gasteiger partial charge in [0.25, 0.3) is 5.91 Å². The highest BCUT2D eigenvalue weighted by atomic mass is 35.5. The maximum atomic E-state index is 12.5. The Morgan fingerprint density at radius 3 is 2.79 bits per heavy atom. The molecule has 2 aromatic heterocycles. The molecule has 1 N–H and O–H groups in total. The van der Waals surface area contributed by atoms with Crippen LogP contribution in [-0.4, -0.2) is 41.5 Å². The first-order valence-electron chi connectivity index (χ1n) is 8.10. The number of carbonyl (C=O) groups excluding carboxylic acids is 1. The minimum Gasteiger partial charge on any atom is -0.347 e. The summed E-state index contributed by atoms with van der Waals surface area (Å²) >= 11 is 8.93. The first-order valence-corrected chi connectivity index (χ1v) is 10.1. The van der Waals surface area contributed by atoms with E-state index < -0.39 is 0 Å². The van der Waals surface area contributed by atoms with Gasteiger partial charge in [-0.2, -0.15) is 0 Å². The van der Waals surface area contributed by atoms with Crippen LogP contribution in [0.4, 0.5) is 0 Å². The van der Waals surface area contributed by atoms with Crippen molar-refractivity contribution in [2.75, 3.05) is 19.6 Å². The number of hydrogen-bond donors (Lipinski definition) is 1. The largest absolute Gasteiger partial charge is 0.347 e. The lowest BCUT2D eigenvalue weighted by Gasteiger charge is -2.44. The Hall–Kier alpha value is -1.08. The van der Waals surface area contributed by atoms with Crippen molar-refractivity contribution in [2.45, 2.75) is 28.0 Å². The summed E-state index contributed by atoms with van der Waals surface area (Å²) in [6.45, 7) is 3.37. The van der Waals surface area contributed by atoms with Crippen LogP contribution in [0.1, 0.15) is 22.5 Å². The van der Waals surface area contributed by atoms with Crippen LogP contribution in [0.2, 0.25) is 5.15 Å². The van der Waals surface area contributed by atoms with E-state index in [1.165, 1.54) is 37.3 Å². The van der Waals surface area contributed by atoms with Crippen LogP contribution in [0, 0.1) is 5.92 Å². The number of halogens is 1. The molecule has 5 heterocycles. The molecule has 24 heavy (non-hydrogen) atoms. The molecule has 7 heteroatoms. The molecule has 1 unspecified atom stereocenters. The average molecular weight is 380 g/mol. The molecule has 3 saturated heterocycles. The Morgan fingerprint density at radius 1 is 1.29 bits per heavy atom. The third-order valence-corrected chi connectivity index (χ3v) is 7.11.